The summed E-state index contributed by atoms with van der Waals surface area (Å²) >= 11 is 0. The largest absolute Gasteiger partial charge is 0.379 e. The molecule has 0 atom stereocenters. The van der Waals surface area contributed by atoms with Crippen LogP contribution in [-0.4, -0.2) is 57.2 Å². The predicted octanol–water partition coefficient (Wildman–Crippen LogP) is 1.26. The summed E-state index contributed by atoms with van der Waals surface area (Å²) in [6, 6.07) is 9.58. The summed E-state index contributed by atoms with van der Waals surface area (Å²) in [4.78, 5) is 12.2. The Kier molecular flexibility index (Phi) is 6.96. The Morgan fingerprint density at radius 3 is 2.54 bits per heavy atom. The minimum Gasteiger partial charge on any atom is -0.379 e. The summed E-state index contributed by atoms with van der Waals surface area (Å²) in [6.07, 6.45) is 2.41. The van der Waals surface area contributed by atoms with Crippen LogP contribution in [0.4, 0.5) is 0 Å². The minimum atomic E-state index is -3.35. The SMILES string of the molecule is CC/C(=C\c1ccccc1)C(=O)NCCS(=O)(=O)N1CCOCC1. The Morgan fingerprint density at radius 1 is 1.25 bits per heavy atom. The Balaban J connectivity index is 1.88. The predicted molar refractivity (Wildman–Crippen MR) is 93.9 cm³/mol. The molecule has 132 valence electrons. The third-order valence-corrected chi connectivity index (χ3v) is 5.69. The number of sulfonamides is 1. The number of rotatable bonds is 7. The van der Waals surface area contributed by atoms with Crippen LogP contribution >= 0.6 is 0 Å². The fourth-order valence-corrected chi connectivity index (χ4v) is 3.76. The second-order valence-corrected chi connectivity index (χ2v) is 7.61. The highest BCUT2D eigenvalue weighted by atomic mass is 32.2. The lowest BCUT2D eigenvalue weighted by Crippen LogP contribution is -2.43. The number of benzene rings is 1. The summed E-state index contributed by atoms with van der Waals surface area (Å²) in [6.45, 7) is 3.61. The van der Waals surface area contributed by atoms with Gasteiger partial charge in [0.05, 0.1) is 19.0 Å². The van der Waals surface area contributed by atoms with E-state index in [2.05, 4.69) is 5.32 Å². The van der Waals surface area contributed by atoms with E-state index in [0.29, 0.717) is 38.3 Å². The molecule has 7 heteroatoms. The Bertz CT molecular complexity index is 665. The molecular formula is C17H24N2O4S. The van der Waals surface area contributed by atoms with E-state index in [1.54, 1.807) is 0 Å². The maximum atomic E-state index is 12.2. The molecule has 0 aromatic heterocycles. The van der Waals surface area contributed by atoms with E-state index in [9.17, 15) is 13.2 Å². The van der Waals surface area contributed by atoms with Crippen LogP contribution in [0.2, 0.25) is 0 Å². The first-order valence-electron chi connectivity index (χ1n) is 8.12. The van der Waals surface area contributed by atoms with Crippen LogP contribution in [-0.2, 0) is 19.6 Å². The van der Waals surface area contributed by atoms with Crippen LogP contribution in [0.25, 0.3) is 6.08 Å². The second-order valence-electron chi connectivity index (χ2n) is 5.52. The fraction of sp³-hybridized carbons (Fsp3) is 0.471. The molecule has 0 bridgehead atoms. The van der Waals surface area contributed by atoms with E-state index in [4.69, 9.17) is 4.74 Å². The zero-order valence-corrected chi connectivity index (χ0v) is 14.7. The molecule has 1 aromatic rings. The van der Waals surface area contributed by atoms with Gasteiger partial charge >= 0.3 is 0 Å². The maximum Gasteiger partial charge on any atom is 0.247 e. The van der Waals surface area contributed by atoms with Gasteiger partial charge in [-0.05, 0) is 18.1 Å². The monoisotopic (exact) mass is 352 g/mol. The van der Waals surface area contributed by atoms with Gasteiger partial charge in [-0.3, -0.25) is 4.79 Å². The molecule has 2 rings (SSSR count). The molecule has 1 amide bonds. The van der Waals surface area contributed by atoms with Gasteiger partial charge in [0.15, 0.2) is 0 Å². The zero-order chi connectivity index (χ0) is 17.4. The third kappa shape index (κ3) is 5.43. The molecule has 1 heterocycles. The summed E-state index contributed by atoms with van der Waals surface area (Å²) in [5.74, 6) is -0.320. The van der Waals surface area contributed by atoms with Gasteiger partial charge in [0.2, 0.25) is 15.9 Å². The van der Waals surface area contributed by atoms with Gasteiger partial charge in [0, 0.05) is 25.2 Å². The van der Waals surface area contributed by atoms with E-state index in [1.807, 2.05) is 43.3 Å². The van der Waals surface area contributed by atoms with Crippen molar-refractivity contribution in [2.45, 2.75) is 13.3 Å². The van der Waals surface area contributed by atoms with Gasteiger partial charge in [-0.15, -0.1) is 0 Å². The highest BCUT2D eigenvalue weighted by molar-refractivity contribution is 7.89. The number of nitrogens with one attached hydrogen (secondary N) is 1. The van der Waals surface area contributed by atoms with Crippen LogP contribution in [0.1, 0.15) is 18.9 Å². The Morgan fingerprint density at radius 2 is 1.92 bits per heavy atom. The van der Waals surface area contributed by atoms with E-state index < -0.39 is 10.0 Å². The smallest absolute Gasteiger partial charge is 0.247 e. The van der Waals surface area contributed by atoms with Crippen molar-refractivity contribution in [3.05, 3.63) is 41.5 Å². The third-order valence-electron chi connectivity index (χ3n) is 3.82. The van der Waals surface area contributed by atoms with Crippen molar-refractivity contribution in [2.75, 3.05) is 38.6 Å². The van der Waals surface area contributed by atoms with E-state index >= 15 is 0 Å². The van der Waals surface area contributed by atoms with E-state index in [-0.39, 0.29) is 18.2 Å². The fourth-order valence-electron chi connectivity index (χ4n) is 2.44. The van der Waals surface area contributed by atoms with Crippen molar-refractivity contribution in [3.63, 3.8) is 0 Å². The number of hydrogen-bond donors (Lipinski definition) is 1. The summed E-state index contributed by atoms with van der Waals surface area (Å²) in [5, 5.41) is 2.70. The number of carbonyl (C=O) groups is 1. The summed E-state index contributed by atoms with van der Waals surface area (Å²) < 4.78 is 31.0. The quantitative estimate of drug-likeness (QED) is 0.750. The number of hydrogen-bond acceptors (Lipinski definition) is 4. The number of ether oxygens (including phenoxy) is 1. The number of carbonyl (C=O) groups excluding carboxylic acids is 1. The molecule has 24 heavy (non-hydrogen) atoms. The summed E-state index contributed by atoms with van der Waals surface area (Å²) in [7, 11) is -3.35. The van der Waals surface area contributed by atoms with Crippen LogP contribution in [0.5, 0.6) is 0 Å². The standard InChI is InChI=1S/C17H24N2O4S/c1-2-16(14-15-6-4-3-5-7-15)17(20)18-8-13-24(21,22)19-9-11-23-12-10-19/h3-7,14H,2,8-13H2,1H3,(H,18,20)/b16-14+. The normalized spacial score (nSPS) is 16.8. The van der Waals surface area contributed by atoms with Crippen molar-refractivity contribution < 1.29 is 17.9 Å². The van der Waals surface area contributed by atoms with Gasteiger partial charge < -0.3 is 10.1 Å². The van der Waals surface area contributed by atoms with Crippen molar-refractivity contribution in [1.29, 1.82) is 0 Å². The number of amides is 1. The molecule has 1 saturated heterocycles. The van der Waals surface area contributed by atoms with Gasteiger partial charge in [-0.25, -0.2) is 8.42 Å². The lowest BCUT2D eigenvalue weighted by Gasteiger charge is -2.26. The topological polar surface area (TPSA) is 75.7 Å². The molecule has 0 aliphatic carbocycles. The highest BCUT2D eigenvalue weighted by Gasteiger charge is 2.24. The van der Waals surface area contributed by atoms with Crippen LogP contribution in [0.15, 0.2) is 35.9 Å². The van der Waals surface area contributed by atoms with Gasteiger partial charge in [-0.2, -0.15) is 4.31 Å². The second kappa shape index (κ2) is 8.96. The first kappa shape index (κ1) is 18.6. The first-order chi connectivity index (χ1) is 11.5. The van der Waals surface area contributed by atoms with Crippen LogP contribution in [0, 0.1) is 0 Å². The molecule has 0 radical (unpaired) electrons. The highest BCUT2D eigenvalue weighted by Crippen LogP contribution is 2.10. The molecule has 0 saturated carbocycles. The number of nitrogens with zero attached hydrogens (tertiary/aromatic N) is 1. The lowest BCUT2D eigenvalue weighted by atomic mass is 10.1. The molecular weight excluding hydrogens is 328 g/mol. The van der Waals surface area contributed by atoms with Gasteiger partial charge in [0.1, 0.15) is 0 Å². The molecule has 1 aliphatic rings. The minimum absolute atomic E-state index is 0.0962. The van der Waals surface area contributed by atoms with Crippen LogP contribution in [0.3, 0.4) is 0 Å². The Hall–Kier alpha value is -1.70. The molecule has 6 nitrogen and oxygen atoms in total. The molecule has 1 N–H and O–H groups in total. The average molecular weight is 352 g/mol. The van der Waals surface area contributed by atoms with Gasteiger partial charge in [-0.1, -0.05) is 37.3 Å². The van der Waals surface area contributed by atoms with Crippen molar-refractivity contribution in [2.24, 2.45) is 0 Å². The molecule has 1 fully saturated rings. The first-order valence-corrected chi connectivity index (χ1v) is 9.73. The van der Waals surface area contributed by atoms with Crippen molar-refractivity contribution >= 4 is 22.0 Å². The molecule has 1 aliphatic heterocycles. The van der Waals surface area contributed by atoms with Crippen molar-refractivity contribution in [1.82, 2.24) is 9.62 Å². The Labute approximate surface area is 143 Å². The number of morpholine rings is 1. The average Bonchev–Trinajstić information content (AvgIpc) is 2.61. The molecule has 1 aromatic carbocycles. The van der Waals surface area contributed by atoms with E-state index in [0.717, 1.165) is 5.56 Å². The van der Waals surface area contributed by atoms with Crippen molar-refractivity contribution in [3.8, 4) is 0 Å². The van der Waals surface area contributed by atoms with Gasteiger partial charge in [0.25, 0.3) is 0 Å². The van der Waals surface area contributed by atoms with Crippen LogP contribution < -0.4 is 5.32 Å². The maximum absolute atomic E-state index is 12.2. The molecule has 0 unspecified atom stereocenters. The lowest BCUT2D eigenvalue weighted by molar-refractivity contribution is -0.117. The van der Waals surface area contributed by atoms with E-state index in [1.165, 1.54) is 4.31 Å². The summed E-state index contributed by atoms with van der Waals surface area (Å²) in [5.41, 5.74) is 1.58. The zero-order valence-electron chi connectivity index (χ0n) is 13.9. The molecule has 0 spiro atoms.